The molecule has 4 rings (SSSR count). The smallest absolute Gasteiger partial charge is 0.240 e. The molecule has 2 N–H and O–H groups in total. The number of hydrogen-bond acceptors (Lipinski definition) is 5. The highest BCUT2D eigenvalue weighted by Gasteiger charge is 2.34. The Balaban J connectivity index is 1.50. The van der Waals surface area contributed by atoms with E-state index in [4.69, 9.17) is 21.7 Å². The molecule has 27 heavy (non-hydrogen) atoms. The van der Waals surface area contributed by atoms with Gasteiger partial charge in [-0.1, -0.05) is 13.0 Å². The number of carbonyl (C=O) groups excluding carboxylic acids is 1. The molecule has 2 aliphatic rings. The van der Waals surface area contributed by atoms with E-state index in [1.165, 1.54) is 0 Å². The summed E-state index contributed by atoms with van der Waals surface area (Å²) in [5, 5.41) is 10.2. The molecule has 1 saturated carbocycles. The zero-order chi connectivity index (χ0) is 18.8. The normalized spacial score (nSPS) is 16.8. The molecule has 1 fully saturated rings. The maximum Gasteiger partial charge on any atom is 0.240 e. The summed E-state index contributed by atoms with van der Waals surface area (Å²) < 4.78 is 13.6. The molecule has 0 saturated heterocycles. The molecule has 1 aromatic carbocycles. The number of ether oxygens (including phenoxy) is 2. The predicted molar refractivity (Wildman–Crippen MR) is 102 cm³/mol. The van der Waals surface area contributed by atoms with Crippen molar-refractivity contribution in [3.05, 3.63) is 34.4 Å². The fraction of sp³-hybridized carbons (Fsp3) is 0.526. The average molecular weight is 388 g/mol. The Bertz CT molecular complexity index is 887. The van der Waals surface area contributed by atoms with E-state index in [2.05, 4.69) is 22.4 Å². The molecule has 2 aromatic rings. The first kappa shape index (κ1) is 18.0. The van der Waals surface area contributed by atoms with E-state index in [0.29, 0.717) is 23.9 Å². The fourth-order valence-electron chi connectivity index (χ4n) is 3.45. The van der Waals surface area contributed by atoms with Crippen molar-refractivity contribution in [3.63, 3.8) is 0 Å². The highest BCUT2D eigenvalue weighted by atomic mass is 32.1. The molecule has 0 spiro atoms. The van der Waals surface area contributed by atoms with E-state index in [9.17, 15) is 4.79 Å². The fourth-order valence-corrected chi connectivity index (χ4v) is 3.66. The van der Waals surface area contributed by atoms with Gasteiger partial charge in [0.15, 0.2) is 16.3 Å². The Hall–Kier alpha value is -2.35. The van der Waals surface area contributed by atoms with Crippen molar-refractivity contribution in [1.29, 1.82) is 0 Å². The SMILES string of the molecule is CCCc1n[nH]c(=S)n1CC(=O)NC(c1ccc2c(c1)OCCO2)C1CC1. The molecule has 1 atom stereocenters. The van der Waals surface area contributed by atoms with Crippen LogP contribution in [0.15, 0.2) is 18.2 Å². The largest absolute Gasteiger partial charge is 0.486 e. The minimum Gasteiger partial charge on any atom is -0.486 e. The summed E-state index contributed by atoms with van der Waals surface area (Å²) in [5.74, 6) is 2.74. The Labute approximate surface area is 163 Å². The molecule has 144 valence electrons. The van der Waals surface area contributed by atoms with E-state index in [0.717, 1.165) is 48.6 Å². The number of aryl methyl sites for hydroxylation is 1. The zero-order valence-corrected chi connectivity index (χ0v) is 16.2. The van der Waals surface area contributed by atoms with E-state index in [-0.39, 0.29) is 18.5 Å². The summed E-state index contributed by atoms with van der Waals surface area (Å²) >= 11 is 5.28. The number of fused-ring (bicyclic) bond motifs is 1. The summed E-state index contributed by atoms with van der Waals surface area (Å²) in [7, 11) is 0. The summed E-state index contributed by atoms with van der Waals surface area (Å²) in [6, 6.07) is 5.91. The molecule has 1 aromatic heterocycles. The quantitative estimate of drug-likeness (QED) is 0.713. The molecule has 0 bridgehead atoms. The lowest BCUT2D eigenvalue weighted by Gasteiger charge is -2.23. The van der Waals surface area contributed by atoms with E-state index < -0.39 is 0 Å². The average Bonchev–Trinajstić information content (AvgIpc) is 3.47. The Morgan fingerprint density at radius 1 is 1.37 bits per heavy atom. The van der Waals surface area contributed by atoms with Gasteiger partial charge in [0, 0.05) is 6.42 Å². The second-order valence-corrected chi connectivity index (χ2v) is 7.45. The maximum atomic E-state index is 12.7. The van der Waals surface area contributed by atoms with Crippen LogP contribution in [-0.2, 0) is 17.8 Å². The lowest BCUT2D eigenvalue weighted by Crippen LogP contribution is -2.33. The third kappa shape index (κ3) is 4.00. The van der Waals surface area contributed by atoms with Gasteiger partial charge < -0.3 is 14.8 Å². The van der Waals surface area contributed by atoms with Gasteiger partial charge in [-0.15, -0.1) is 0 Å². The summed E-state index contributed by atoms with van der Waals surface area (Å²) in [6.07, 6.45) is 3.97. The van der Waals surface area contributed by atoms with Crippen LogP contribution in [-0.4, -0.2) is 33.9 Å². The zero-order valence-electron chi connectivity index (χ0n) is 15.4. The Morgan fingerprint density at radius 3 is 2.89 bits per heavy atom. The monoisotopic (exact) mass is 388 g/mol. The van der Waals surface area contributed by atoms with Gasteiger partial charge in [-0.3, -0.25) is 14.5 Å². The first-order valence-electron chi connectivity index (χ1n) is 9.48. The maximum absolute atomic E-state index is 12.7. The van der Waals surface area contributed by atoms with Crippen LogP contribution >= 0.6 is 12.2 Å². The van der Waals surface area contributed by atoms with Crippen molar-refractivity contribution >= 4 is 18.1 Å². The minimum atomic E-state index is -0.0587. The molecular weight excluding hydrogens is 364 g/mol. The number of nitrogens with zero attached hydrogens (tertiary/aromatic N) is 2. The van der Waals surface area contributed by atoms with Crippen LogP contribution in [0, 0.1) is 10.7 Å². The summed E-state index contributed by atoms with van der Waals surface area (Å²) in [6.45, 7) is 3.38. The van der Waals surface area contributed by atoms with Crippen LogP contribution < -0.4 is 14.8 Å². The van der Waals surface area contributed by atoms with Crippen LogP contribution in [0.25, 0.3) is 0 Å². The molecule has 7 nitrogen and oxygen atoms in total. The number of H-pyrrole nitrogens is 1. The van der Waals surface area contributed by atoms with Crippen molar-refractivity contribution in [2.45, 2.75) is 45.2 Å². The van der Waals surface area contributed by atoms with Gasteiger partial charge in [-0.25, -0.2) is 0 Å². The summed E-state index contributed by atoms with van der Waals surface area (Å²) in [4.78, 5) is 12.7. The molecule has 1 aliphatic carbocycles. The molecule has 2 heterocycles. The molecular formula is C19H24N4O3S. The lowest BCUT2D eigenvalue weighted by atomic mass is 10.0. The Kier molecular flexibility index (Phi) is 5.15. The van der Waals surface area contributed by atoms with Crippen LogP contribution in [0.1, 0.15) is 43.6 Å². The van der Waals surface area contributed by atoms with Crippen molar-refractivity contribution in [2.75, 3.05) is 13.2 Å². The summed E-state index contributed by atoms with van der Waals surface area (Å²) in [5.41, 5.74) is 1.06. The molecule has 1 amide bonds. The molecule has 0 radical (unpaired) electrons. The van der Waals surface area contributed by atoms with E-state index in [1.54, 1.807) is 4.57 Å². The van der Waals surface area contributed by atoms with Crippen molar-refractivity contribution < 1.29 is 14.3 Å². The van der Waals surface area contributed by atoms with Crippen LogP contribution in [0.4, 0.5) is 0 Å². The van der Waals surface area contributed by atoms with Gasteiger partial charge in [0.1, 0.15) is 25.6 Å². The highest BCUT2D eigenvalue weighted by molar-refractivity contribution is 7.71. The van der Waals surface area contributed by atoms with E-state index >= 15 is 0 Å². The number of rotatable bonds is 7. The number of aromatic amines is 1. The van der Waals surface area contributed by atoms with Crippen LogP contribution in [0.3, 0.4) is 0 Å². The first-order valence-corrected chi connectivity index (χ1v) is 9.89. The Morgan fingerprint density at radius 2 is 2.15 bits per heavy atom. The standard InChI is InChI=1S/C19H24N4O3S/c1-2-3-16-21-22-19(27)23(16)11-17(24)20-18(12-4-5-12)13-6-7-14-15(10-13)26-9-8-25-14/h6-7,10,12,18H,2-5,8-9,11H2,1H3,(H,20,24)(H,22,27). The van der Waals surface area contributed by atoms with Gasteiger partial charge in [-0.2, -0.15) is 5.10 Å². The van der Waals surface area contributed by atoms with Gasteiger partial charge in [0.25, 0.3) is 0 Å². The van der Waals surface area contributed by atoms with Crippen LogP contribution in [0.2, 0.25) is 0 Å². The third-order valence-corrected chi connectivity index (χ3v) is 5.26. The van der Waals surface area contributed by atoms with Crippen LogP contribution in [0.5, 0.6) is 11.5 Å². The lowest BCUT2D eigenvalue weighted by molar-refractivity contribution is -0.122. The number of carbonyl (C=O) groups is 1. The minimum absolute atomic E-state index is 0.0241. The number of amides is 1. The number of aromatic nitrogens is 3. The highest BCUT2D eigenvalue weighted by Crippen LogP contribution is 2.43. The molecule has 1 unspecified atom stereocenters. The van der Waals surface area contributed by atoms with Gasteiger partial charge in [0.2, 0.25) is 5.91 Å². The number of nitrogens with one attached hydrogen (secondary N) is 2. The predicted octanol–water partition coefficient (Wildman–Crippen LogP) is 2.93. The van der Waals surface area contributed by atoms with Gasteiger partial charge in [0.05, 0.1) is 6.04 Å². The van der Waals surface area contributed by atoms with Crippen molar-refractivity contribution in [1.82, 2.24) is 20.1 Å². The third-order valence-electron chi connectivity index (χ3n) is 4.95. The first-order chi connectivity index (χ1) is 13.2. The number of hydrogen-bond donors (Lipinski definition) is 2. The molecule has 1 aliphatic heterocycles. The topological polar surface area (TPSA) is 81.2 Å². The van der Waals surface area contributed by atoms with Crippen molar-refractivity contribution in [2.24, 2.45) is 5.92 Å². The number of benzene rings is 1. The second-order valence-electron chi connectivity index (χ2n) is 7.07. The molecule has 8 heteroatoms. The van der Waals surface area contributed by atoms with Gasteiger partial charge in [-0.05, 0) is 55.1 Å². The van der Waals surface area contributed by atoms with E-state index in [1.807, 2.05) is 18.2 Å². The van der Waals surface area contributed by atoms with Gasteiger partial charge >= 0.3 is 0 Å². The second kappa shape index (κ2) is 7.72. The van der Waals surface area contributed by atoms with Crippen molar-refractivity contribution in [3.8, 4) is 11.5 Å².